The third-order valence-electron chi connectivity index (χ3n) is 6.01. The SMILES string of the molecule is CC(C)(C)c1cc(-c2nccc3sc(-c4cncc5ccsc45)cc23)cc2ccccc12. The molecule has 0 saturated heterocycles. The summed E-state index contributed by atoms with van der Waals surface area (Å²) < 4.78 is 2.55. The molecule has 0 fully saturated rings. The maximum absolute atomic E-state index is 4.86. The fourth-order valence-electron chi connectivity index (χ4n) is 4.46. The lowest BCUT2D eigenvalue weighted by Gasteiger charge is -2.22. The van der Waals surface area contributed by atoms with Gasteiger partial charge in [0.05, 0.1) is 5.69 Å². The van der Waals surface area contributed by atoms with Crippen molar-refractivity contribution in [3.63, 3.8) is 0 Å². The molecule has 0 unspecified atom stereocenters. The van der Waals surface area contributed by atoms with E-state index >= 15 is 0 Å². The van der Waals surface area contributed by atoms with Crippen LogP contribution in [0.3, 0.4) is 0 Å². The van der Waals surface area contributed by atoms with E-state index < -0.39 is 0 Å². The lowest BCUT2D eigenvalue weighted by atomic mass is 9.82. The van der Waals surface area contributed by atoms with Crippen LogP contribution >= 0.6 is 22.7 Å². The van der Waals surface area contributed by atoms with E-state index in [2.05, 4.69) is 85.7 Å². The first-order valence-corrected chi connectivity index (χ1v) is 12.4. The molecular weight excluding hydrogens is 428 g/mol. The molecule has 0 aliphatic heterocycles. The summed E-state index contributed by atoms with van der Waals surface area (Å²) in [4.78, 5) is 10.6. The Hall–Kier alpha value is -3.08. The van der Waals surface area contributed by atoms with Crippen LogP contribution in [0.15, 0.2) is 78.6 Å². The second kappa shape index (κ2) is 7.22. The Bertz CT molecular complexity index is 1620. The molecule has 0 atom stereocenters. The number of rotatable bonds is 2. The zero-order valence-electron chi connectivity index (χ0n) is 18.2. The standard InChI is InChI=1S/C28H22N2S2/c1-28(2,3)23-13-19(12-17-6-4-5-7-20(17)23)26-21-14-25(32-24(21)8-10-30-26)22-16-29-15-18-9-11-31-27(18)22/h4-16H,1-3H3. The van der Waals surface area contributed by atoms with Crippen LogP contribution in [0.1, 0.15) is 26.3 Å². The zero-order chi connectivity index (χ0) is 21.9. The van der Waals surface area contributed by atoms with Gasteiger partial charge in [-0.05, 0) is 57.5 Å². The van der Waals surface area contributed by atoms with E-state index in [-0.39, 0.29) is 5.41 Å². The second-order valence-corrected chi connectivity index (χ2v) is 11.2. The van der Waals surface area contributed by atoms with E-state index in [1.165, 1.54) is 52.5 Å². The van der Waals surface area contributed by atoms with Crippen LogP contribution in [0.25, 0.3) is 52.6 Å². The normalized spacial score (nSPS) is 12.2. The molecule has 32 heavy (non-hydrogen) atoms. The summed E-state index contributed by atoms with van der Waals surface area (Å²) in [5.41, 5.74) is 4.83. The fraction of sp³-hybridized carbons (Fsp3) is 0.143. The van der Waals surface area contributed by atoms with Gasteiger partial charge >= 0.3 is 0 Å². The number of aromatic nitrogens is 2. The highest BCUT2D eigenvalue weighted by Crippen LogP contribution is 2.42. The first-order valence-electron chi connectivity index (χ1n) is 10.7. The van der Waals surface area contributed by atoms with Gasteiger partial charge in [-0.15, -0.1) is 22.7 Å². The molecule has 0 spiro atoms. The number of hydrogen-bond acceptors (Lipinski definition) is 4. The molecule has 4 aromatic heterocycles. The number of thiophene rings is 2. The monoisotopic (exact) mass is 450 g/mol. The maximum atomic E-state index is 4.86. The third-order valence-corrected chi connectivity index (χ3v) is 8.11. The van der Waals surface area contributed by atoms with Crippen molar-refractivity contribution in [3.05, 3.63) is 84.1 Å². The number of pyridine rings is 2. The topological polar surface area (TPSA) is 25.8 Å². The van der Waals surface area contributed by atoms with E-state index in [1.807, 2.05) is 29.9 Å². The quantitative estimate of drug-likeness (QED) is 0.264. The zero-order valence-corrected chi connectivity index (χ0v) is 19.8. The van der Waals surface area contributed by atoms with Gasteiger partial charge in [-0.1, -0.05) is 45.0 Å². The summed E-state index contributed by atoms with van der Waals surface area (Å²) in [5, 5.41) is 7.12. The van der Waals surface area contributed by atoms with Crippen molar-refractivity contribution in [2.45, 2.75) is 26.2 Å². The van der Waals surface area contributed by atoms with Crippen molar-refractivity contribution in [2.75, 3.05) is 0 Å². The molecule has 0 bridgehead atoms. The molecule has 156 valence electrons. The Morgan fingerprint density at radius 3 is 2.59 bits per heavy atom. The van der Waals surface area contributed by atoms with Crippen LogP contribution in [-0.2, 0) is 5.41 Å². The van der Waals surface area contributed by atoms with Crippen molar-refractivity contribution < 1.29 is 0 Å². The molecular formula is C28H22N2S2. The molecule has 2 nitrogen and oxygen atoms in total. The van der Waals surface area contributed by atoms with Gasteiger partial charge in [0.2, 0.25) is 0 Å². The number of hydrogen-bond donors (Lipinski definition) is 0. The predicted molar refractivity (Wildman–Crippen MR) is 140 cm³/mol. The van der Waals surface area contributed by atoms with Gasteiger partial charge in [0.15, 0.2) is 0 Å². The molecule has 4 heteroatoms. The van der Waals surface area contributed by atoms with E-state index in [4.69, 9.17) is 4.98 Å². The molecule has 0 radical (unpaired) electrons. The molecule has 0 amide bonds. The lowest BCUT2D eigenvalue weighted by Crippen LogP contribution is -2.12. The van der Waals surface area contributed by atoms with E-state index in [0.717, 1.165) is 5.69 Å². The smallest absolute Gasteiger partial charge is 0.0789 e. The fourth-order valence-corrected chi connectivity index (χ4v) is 6.49. The summed E-state index contributed by atoms with van der Waals surface area (Å²) in [7, 11) is 0. The maximum Gasteiger partial charge on any atom is 0.0789 e. The Morgan fingerprint density at radius 1 is 0.844 bits per heavy atom. The average molecular weight is 451 g/mol. The molecule has 2 aromatic carbocycles. The van der Waals surface area contributed by atoms with E-state index in [1.54, 1.807) is 11.3 Å². The summed E-state index contributed by atoms with van der Waals surface area (Å²) in [6.45, 7) is 6.85. The highest BCUT2D eigenvalue weighted by Gasteiger charge is 2.20. The highest BCUT2D eigenvalue weighted by atomic mass is 32.1. The number of benzene rings is 2. The van der Waals surface area contributed by atoms with Crippen molar-refractivity contribution >= 4 is 53.6 Å². The predicted octanol–water partition coefficient (Wildman–Crippen LogP) is 8.69. The van der Waals surface area contributed by atoms with Gasteiger partial charge < -0.3 is 0 Å². The van der Waals surface area contributed by atoms with E-state index in [0.29, 0.717) is 0 Å². The van der Waals surface area contributed by atoms with Crippen LogP contribution in [-0.4, -0.2) is 9.97 Å². The van der Waals surface area contributed by atoms with Crippen molar-refractivity contribution in [1.82, 2.24) is 9.97 Å². The molecule has 0 N–H and O–H groups in total. The minimum absolute atomic E-state index is 0.0454. The van der Waals surface area contributed by atoms with Gasteiger partial charge in [-0.2, -0.15) is 0 Å². The van der Waals surface area contributed by atoms with Crippen molar-refractivity contribution in [2.24, 2.45) is 0 Å². The first kappa shape index (κ1) is 19.6. The lowest BCUT2D eigenvalue weighted by molar-refractivity contribution is 0.596. The first-order chi connectivity index (χ1) is 15.5. The molecule has 0 aliphatic rings. The Labute approximate surface area is 195 Å². The Balaban J connectivity index is 1.60. The minimum atomic E-state index is 0.0454. The van der Waals surface area contributed by atoms with Crippen molar-refractivity contribution in [3.8, 4) is 21.7 Å². The van der Waals surface area contributed by atoms with Crippen LogP contribution in [0.4, 0.5) is 0 Å². The van der Waals surface area contributed by atoms with Crippen LogP contribution in [0.5, 0.6) is 0 Å². The van der Waals surface area contributed by atoms with E-state index in [9.17, 15) is 0 Å². The number of nitrogens with zero attached hydrogens (tertiary/aromatic N) is 2. The van der Waals surface area contributed by atoms with Gasteiger partial charge in [-0.3, -0.25) is 9.97 Å². The molecule has 0 saturated carbocycles. The van der Waals surface area contributed by atoms with Crippen LogP contribution in [0.2, 0.25) is 0 Å². The Morgan fingerprint density at radius 2 is 1.72 bits per heavy atom. The van der Waals surface area contributed by atoms with Crippen LogP contribution < -0.4 is 0 Å². The molecule has 6 rings (SSSR count). The third kappa shape index (κ3) is 3.14. The summed E-state index contributed by atoms with van der Waals surface area (Å²) in [6.07, 6.45) is 5.87. The Kier molecular flexibility index (Phi) is 4.42. The summed E-state index contributed by atoms with van der Waals surface area (Å²) in [5.74, 6) is 0. The second-order valence-electron chi connectivity index (χ2n) is 9.20. The van der Waals surface area contributed by atoms with Gasteiger partial charge in [0, 0.05) is 54.8 Å². The van der Waals surface area contributed by atoms with Crippen molar-refractivity contribution in [1.29, 1.82) is 0 Å². The molecule has 6 aromatic rings. The van der Waals surface area contributed by atoms with Gasteiger partial charge in [0.1, 0.15) is 0 Å². The highest BCUT2D eigenvalue weighted by molar-refractivity contribution is 7.23. The van der Waals surface area contributed by atoms with Gasteiger partial charge in [-0.25, -0.2) is 0 Å². The largest absolute Gasteiger partial charge is 0.263 e. The van der Waals surface area contributed by atoms with Crippen LogP contribution in [0, 0.1) is 0 Å². The minimum Gasteiger partial charge on any atom is -0.263 e. The summed E-state index contributed by atoms with van der Waals surface area (Å²) in [6, 6.07) is 19.9. The average Bonchev–Trinajstić information content (AvgIpc) is 3.44. The molecule has 4 heterocycles. The number of fused-ring (bicyclic) bond motifs is 3. The molecule has 0 aliphatic carbocycles. The van der Waals surface area contributed by atoms with Gasteiger partial charge in [0.25, 0.3) is 0 Å². The summed E-state index contributed by atoms with van der Waals surface area (Å²) >= 11 is 3.59.